The maximum Gasteiger partial charge on any atom is 0.415 e. The summed E-state index contributed by atoms with van der Waals surface area (Å²) in [6, 6.07) is 3.25. The monoisotopic (exact) mass is 410 g/mol. The van der Waals surface area contributed by atoms with E-state index in [0.29, 0.717) is 17.7 Å². The Morgan fingerprint density at radius 2 is 1.69 bits per heavy atom. The minimum absolute atomic E-state index is 0.0660. The van der Waals surface area contributed by atoms with Gasteiger partial charge in [-0.1, -0.05) is 0 Å². The molecule has 2 aromatic carbocycles. The Bertz CT molecular complexity index is 988. The number of hydrogen-bond acceptors (Lipinski definition) is 3. The van der Waals surface area contributed by atoms with E-state index < -0.39 is 52.6 Å². The van der Waals surface area contributed by atoms with Crippen LogP contribution in [0.15, 0.2) is 30.3 Å². The zero-order valence-corrected chi connectivity index (χ0v) is 15.9. The average Bonchev–Trinajstić information content (AvgIpc) is 2.96. The van der Waals surface area contributed by atoms with Crippen molar-refractivity contribution in [2.75, 3.05) is 10.2 Å². The minimum Gasteiger partial charge on any atom is -0.443 e. The molecule has 0 aromatic heterocycles. The van der Waals surface area contributed by atoms with Gasteiger partial charge in [-0.25, -0.2) is 22.4 Å². The molecular formula is C20H18F4N2O3. The molecule has 1 atom stereocenters. The van der Waals surface area contributed by atoms with Crippen molar-refractivity contribution >= 4 is 23.4 Å². The van der Waals surface area contributed by atoms with Crippen LogP contribution in [0, 0.1) is 23.3 Å². The van der Waals surface area contributed by atoms with Gasteiger partial charge in [-0.3, -0.25) is 9.69 Å². The molecule has 0 saturated carbocycles. The molecule has 0 fully saturated rings. The molecule has 1 aliphatic rings. The molecule has 2 aromatic rings. The van der Waals surface area contributed by atoms with Gasteiger partial charge >= 0.3 is 6.09 Å². The zero-order valence-electron chi connectivity index (χ0n) is 15.9. The molecule has 1 N–H and O–H groups in total. The average molecular weight is 410 g/mol. The van der Waals surface area contributed by atoms with Crippen molar-refractivity contribution in [1.82, 2.24) is 0 Å². The number of hydrogen-bond donors (Lipinski definition) is 1. The number of benzene rings is 2. The molecule has 1 unspecified atom stereocenters. The van der Waals surface area contributed by atoms with Gasteiger partial charge < -0.3 is 10.1 Å². The second-order valence-corrected chi connectivity index (χ2v) is 7.58. The van der Waals surface area contributed by atoms with Crippen molar-refractivity contribution in [3.63, 3.8) is 0 Å². The fourth-order valence-electron chi connectivity index (χ4n) is 3.00. The molecular weight excluding hydrogens is 392 g/mol. The first-order valence-corrected chi connectivity index (χ1v) is 8.72. The first-order valence-electron chi connectivity index (χ1n) is 8.72. The predicted molar refractivity (Wildman–Crippen MR) is 97.6 cm³/mol. The summed E-state index contributed by atoms with van der Waals surface area (Å²) in [4.78, 5) is 26.5. The quantitative estimate of drug-likeness (QED) is 0.584. The van der Waals surface area contributed by atoms with Crippen molar-refractivity contribution in [1.29, 1.82) is 0 Å². The van der Waals surface area contributed by atoms with E-state index in [-0.39, 0.29) is 12.1 Å². The summed E-state index contributed by atoms with van der Waals surface area (Å²) in [5.41, 5.74) is -0.805. The normalized spacial score (nSPS) is 15.8. The standard InChI is InChI=1S/C20H18F4N2O3/c1-20(2,3)29-19(28)26-16-5-4-11(21)6-10(16)7-17(26)18(27)25-15-9-13(23)12(22)8-14(15)24/h4-6,8-9,17H,7H2,1-3H3,(H,25,27). The van der Waals surface area contributed by atoms with E-state index in [1.165, 1.54) is 12.1 Å². The van der Waals surface area contributed by atoms with E-state index in [9.17, 15) is 27.2 Å². The lowest BCUT2D eigenvalue weighted by atomic mass is 10.1. The molecule has 0 aliphatic carbocycles. The van der Waals surface area contributed by atoms with E-state index >= 15 is 0 Å². The number of nitrogens with zero attached hydrogens (tertiary/aromatic N) is 1. The van der Waals surface area contributed by atoms with Crippen LogP contribution in [0.4, 0.5) is 33.7 Å². The SMILES string of the molecule is CC(C)(C)OC(=O)N1c2ccc(F)cc2CC1C(=O)Nc1cc(F)c(F)cc1F. The topological polar surface area (TPSA) is 58.6 Å². The van der Waals surface area contributed by atoms with Crippen molar-refractivity contribution in [2.24, 2.45) is 0 Å². The molecule has 154 valence electrons. The number of halogens is 4. The highest BCUT2D eigenvalue weighted by Gasteiger charge is 2.41. The van der Waals surface area contributed by atoms with Crippen LogP contribution in [0.3, 0.4) is 0 Å². The highest BCUT2D eigenvalue weighted by Crippen LogP contribution is 2.35. The van der Waals surface area contributed by atoms with Gasteiger partial charge in [-0.15, -0.1) is 0 Å². The lowest BCUT2D eigenvalue weighted by molar-refractivity contribution is -0.117. The third-order valence-electron chi connectivity index (χ3n) is 4.19. The van der Waals surface area contributed by atoms with Crippen LogP contribution in [0.25, 0.3) is 0 Å². The first-order chi connectivity index (χ1) is 13.5. The van der Waals surface area contributed by atoms with Crippen molar-refractivity contribution in [2.45, 2.75) is 38.8 Å². The molecule has 1 heterocycles. The molecule has 5 nitrogen and oxygen atoms in total. The van der Waals surface area contributed by atoms with Gasteiger partial charge in [0.2, 0.25) is 5.91 Å². The van der Waals surface area contributed by atoms with E-state index in [4.69, 9.17) is 4.74 Å². The summed E-state index contributed by atoms with van der Waals surface area (Å²) in [6.45, 7) is 4.91. The lowest BCUT2D eigenvalue weighted by Crippen LogP contribution is -2.47. The van der Waals surface area contributed by atoms with Crippen molar-refractivity contribution in [3.8, 4) is 0 Å². The summed E-state index contributed by atoms with van der Waals surface area (Å²) in [7, 11) is 0. The Labute approximate surface area is 164 Å². The van der Waals surface area contributed by atoms with Crippen LogP contribution in [-0.2, 0) is 16.0 Å². The highest BCUT2D eigenvalue weighted by atomic mass is 19.2. The van der Waals surface area contributed by atoms with Gasteiger partial charge in [0.05, 0.1) is 11.4 Å². The highest BCUT2D eigenvalue weighted by molar-refractivity contribution is 6.05. The lowest BCUT2D eigenvalue weighted by Gasteiger charge is -2.28. The first kappa shape index (κ1) is 20.6. The number of carbonyl (C=O) groups is 2. The number of amides is 2. The van der Waals surface area contributed by atoms with E-state index in [2.05, 4.69) is 5.32 Å². The van der Waals surface area contributed by atoms with Crippen LogP contribution in [0.1, 0.15) is 26.3 Å². The van der Waals surface area contributed by atoms with Crippen molar-refractivity contribution in [3.05, 3.63) is 59.2 Å². The zero-order chi connectivity index (χ0) is 21.5. The Balaban J connectivity index is 1.93. The number of carbonyl (C=O) groups excluding carboxylic acids is 2. The maximum atomic E-state index is 13.9. The fraction of sp³-hybridized carbons (Fsp3) is 0.300. The second kappa shape index (κ2) is 7.38. The van der Waals surface area contributed by atoms with Gasteiger partial charge in [0.25, 0.3) is 0 Å². The molecule has 1 aliphatic heterocycles. The van der Waals surface area contributed by atoms with Crippen LogP contribution in [0.2, 0.25) is 0 Å². The Morgan fingerprint density at radius 3 is 2.34 bits per heavy atom. The van der Waals surface area contributed by atoms with Crippen molar-refractivity contribution < 1.29 is 31.9 Å². The number of nitrogens with one attached hydrogen (secondary N) is 1. The largest absolute Gasteiger partial charge is 0.443 e. The molecule has 3 rings (SSSR count). The summed E-state index contributed by atoms with van der Waals surface area (Å²) >= 11 is 0. The predicted octanol–water partition coefficient (Wildman–Crippen LogP) is 4.55. The molecule has 0 saturated heterocycles. The van der Waals surface area contributed by atoms with Crippen LogP contribution in [0.5, 0.6) is 0 Å². The minimum atomic E-state index is -1.40. The molecule has 9 heteroatoms. The third-order valence-corrected chi connectivity index (χ3v) is 4.19. The van der Waals surface area contributed by atoms with Crippen LogP contribution in [-0.4, -0.2) is 23.6 Å². The Hall–Kier alpha value is -3.10. The van der Waals surface area contributed by atoms with Gasteiger partial charge in [-0.2, -0.15) is 0 Å². The van der Waals surface area contributed by atoms with Gasteiger partial charge in [-0.05, 0) is 44.5 Å². The summed E-state index contributed by atoms with van der Waals surface area (Å²) in [5, 5.41) is 2.15. The van der Waals surface area contributed by atoms with Gasteiger partial charge in [0.1, 0.15) is 23.3 Å². The van der Waals surface area contributed by atoms with Crippen LogP contribution >= 0.6 is 0 Å². The second-order valence-electron chi connectivity index (χ2n) is 7.58. The van der Waals surface area contributed by atoms with E-state index in [1.54, 1.807) is 20.8 Å². The molecule has 0 spiro atoms. The molecule has 29 heavy (non-hydrogen) atoms. The molecule has 0 bridgehead atoms. The fourth-order valence-corrected chi connectivity index (χ4v) is 3.00. The number of fused-ring (bicyclic) bond motifs is 1. The maximum absolute atomic E-state index is 13.9. The molecule has 0 radical (unpaired) electrons. The summed E-state index contributed by atoms with van der Waals surface area (Å²) in [5.74, 6) is -5.34. The number of ether oxygens (including phenoxy) is 1. The molecule has 2 amide bonds. The number of anilines is 2. The Kier molecular flexibility index (Phi) is 5.25. The number of rotatable bonds is 2. The third kappa shape index (κ3) is 4.33. The van der Waals surface area contributed by atoms with Gasteiger partial charge in [0, 0.05) is 18.6 Å². The Morgan fingerprint density at radius 1 is 1.03 bits per heavy atom. The van der Waals surface area contributed by atoms with Gasteiger partial charge in [0.15, 0.2) is 11.6 Å². The van der Waals surface area contributed by atoms with Crippen LogP contribution < -0.4 is 10.2 Å². The summed E-state index contributed by atoms with van der Waals surface area (Å²) < 4.78 is 59.4. The van der Waals surface area contributed by atoms with E-state index in [1.807, 2.05) is 0 Å². The van der Waals surface area contributed by atoms with E-state index in [0.717, 1.165) is 11.0 Å². The smallest absolute Gasteiger partial charge is 0.415 e. The summed E-state index contributed by atoms with van der Waals surface area (Å²) in [6.07, 6.45) is -0.919.